The molecule has 8 nitrogen and oxygen atoms in total. The lowest BCUT2D eigenvalue weighted by Crippen LogP contribution is -2.21. The van der Waals surface area contributed by atoms with Crippen molar-refractivity contribution in [2.24, 2.45) is 5.92 Å². The topological polar surface area (TPSA) is 88.3 Å². The summed E-state index contributed by atoms with van der Waals surface area (Å²) in [7, 11) is 1.67. The number of aromatic nitrogens is 4. The standard InChI is InChI=1S/C25H26N6O2/c1-33-19-3-4-20-22(8-19)28-21(9-24(20)30-7-6-16(13-30)15-32)17-2-5-25(27-11-17)31-14-18-10-26-12-23(18)29-31/h2-5,8-9,11,14,16,26,32H,6-7,10,12-13,15H2,1H3. The van der Waals surface area contributed by atoms with Gasteiger partial charge in [0.15, 0.2) is 5.82 Å². The molecule has 0 bridgehead atoms. The monoisotopic (exact) mass is 442 g/mol. The van der Waals surface area contributed by atoms with Crippen LogP contribution < -0.4 is 15.0 Å². The molecule has 0 aliphatic carbocycles. The van der Waals surface area contributed by atoms with Crippen molar-refractivity contribution in [2.45, 2.75) is 19.5 Å². The first-order valence-electron chi connectivity index (χ1n) is 11.3. The molecule has 2 N–H and O–H groups in total. The zero-order valence-corrected chi connectivity index (χ0v) is 18.5. The highest BCUT2D eigenvalue weighted by Gasteiger charge is 2.24. The average molecular weight is 443 g/mol. The Kier molecular flexibility index (Phi) is 4.96. The zero-order valence-electron chi connectivity index (χ0n) is 18.5. The molecule has 2 aliphatic rings. The maximum absolute atomic E-state index is 9.63. The predicted molar refractivity (Wildman–Crippen MR) is 127 cm³/mol. The van der Waals surface area contributed by atoms with E-state index >= 15 is 0 Å². The third-order valence-electron chi connectivity index (χ3n) is 6.64. The van der Waals surface area contributed by atoms with Gasteiger partial charge >= 0.3 is 0 Å². The van der Waals surface area contributed by atoms with E-state index in [0.29, 0.717) is 5.92 Å². The van der Waals surface area contributed by atoms with Gasteiger partial charge in [-0.3, -0.25) is 0 Å². The fraction of sp³-hybridized carbons (Fsp3) is 0.320. The van der Waals surface area contributed by atoms with Crippen LogP contribution in [0.25, 0.3) is 28.0 Å². The normalized spacial score (nSPS) is 17.6. The number of aliphatic hydroxyl groups is 1. The quantitative estimate of drug-likeness (QED) is 0.491. The van der Waals surface area contributed by atoms with Gasteiger partial charge in [-0.2, -0.15) is 5.10 Å². The number of benzene rings is 1. The summed E-state index contributed by atoms with van der Waals surface area (Å²) in [6, 6.07) is 12.2. The Bertz CT molecular complexity index is 1300. The number of methoxy groups -OCH3 is 1. The van der Waals surface area contributed by atoms with E-state index in [4.69, 9.17) is 9.72 Å². The van der Waals surface area contributed by atoms with Crippen LogP contribution in [0.5, 0.6) is 5.75 Å². The Balaban J connectivity index is 1.39. The highest BCUT2D eigenvalue weighted by atomic mass is 16.5. The summed E-state index contributed by atoms with van der Waals surface area (Å²) in [6.45, 7) is 3.65. The maximum atomic E-state index is 9.63. The molecule has 2 aliphatic heterocycles. The minimum Gasteiger partial charge on any atom is -0.497 e. The SMILES string of the molecule is COc1ccc2c(N3CCC(CO)C3)cc(-c3ccc(-n4cc5c(n4)CNC5)nc3)nc2c1. The van der Waals surface area contributed by atoms with Crippen molar-refractivity contribution in [3.8, 4) is 22.8 Å². The van der Waals surface area contributed by atoms with Crippen LogP contribution in [0.15, 0.2) is 48.8 Å². The van der Waals surface area contributed by atoms with Gasteiger partial charge in [-0.15, -0.1) is 0 Å². The average Bonchev–Trinajstić information content (AvgIpc) is 3.59. The second-order valence-electron chi connectivity index (χ2n) is 8.75. The lowest BCUT2D eigenvalue weighted by atomic mass is 10.1. The number of nitrogens with zero attached hydrogens (tertiary/aromatic N) is 5. The van der Waals surface area contributed by atoms with E-state index in [1.807, 2.05) is 41.3 Å². The summed E-state index contributed by atoms with van der Waals surface area (Å²) in [6.07, 6.45) is 4.89. The number of rotatable bonds is 5. The minimum absolute atomic E-state index is 0.221. The second kappa shape index (κ2) is 8.13. The van der Waals surface area contributed by atoms with Crippen LogP contribution in [0.1, 0.15) is 17.7 Å². The zero-order chi connectivity index (χ0) is 22.4. The van der Waals surface area contributed by atoms with Crippen LogP contribution >= 0.6 is 0 Å². The predicted octanol–water partition coefficient (Wildman–Crippen LogP) is 2.91. The number of nitrogens with one attached hydrogen (secondary N) is 1. The Labute approximate surface area is 191 Å². The molecule has 168 valence electrons. The Morgan fingerprint density at radius 2 is 2.12 bits per heavy atom. The van der Waals surface area contributed by atoms with Crippen LogP contribution in [0.4, 0.5) is 5.69 Å². The van der Waals surface area contributed by atoms with Crippen molar-refractivity contribution < 1.29 is 9.84 Å². The minimum atomic E-state index is 0.221. The number of hydrogen-bond acceptors (Lipinski definition) is 7. The Morgan fingerprint density at radius 3 is 2.88 bits per heavy atom. The summed E-state index contributed by atoms with van der Waals surface area (Å²) >= 11 is 0. The van der Waals surface area contributed by atoms with Crippen molar-refractivity contribution in [2.75, 3.05) is 31.7 Å². The van der Waals surface area contributed by atoms with Crippen molar-refractivity contribution in [3.63, 3.8) is 0 Å². The van der Waals surface area contributed by atoms with Gasteiger partial charge in [-0.25, -0.2) is 14.6 Å². The second-order valence-corrected chi connectivity index (χ2v) is 8.75. The number of hydrogen-bond donors (Lipinski definition) is 2. The van der Waals surface area contributed by atoms with Crippen LogP contribution in [-0.2, 0) is 13.1 Å². The van der Waals surface area contributed by atoms with Gasteiger partial charge in [0.2, 0.25) is 0 Å². The third kappa shape index (κ3) is 3.61. The highest BCUT2D eigenvalue weighted by molar-refractivity contribution is 5.95. The van der Waals surface area contributed by atoms with Gasteiger partial charge in [-0.05, 0) is 36.8 Å². The van der Waals surface area contributed by atoms with E-state index in [1.54, 1.807) is 7.11 Å². The van der Waals surface area contributed by atoms with Crippen LogP contribution in [0.2, 0.25) is 0 Å². The van der Waals surface area contributed by atoms with E-state index in [9.17, 15) is 5.11 Å². The smallest absolute Gasteiger partial charge is 0.153 e. The first kappa shape index (κ1) is 20.1. The van der Waals surface area contributed by atoms with Crippen molar-refractivity contribution in [3.05, 3.63) is 60.0 Å². The fourth-order valence-corrected chi connectivity index (χ4v) is 4.77. The number of anilines is 1. The molecular weight excluding hydrogens is 416 g/mol. The van der Waals surface area contributed by atoms with Gasteiger partial charge in [0.25, 0.3) is 0 Å². The maximum Gasteiger partial charge on any atom is 0.153 e. The van der Waals surface area contributed by atoms with Crippen LogP contribution in [0.3, 0.4) is 0 Å². The van der Waals surface area contributed by atoms with Gasteiger partial charge in [0.1, 0.15) is 5.75 Å². The van der Waals surface area contributed by atoms with Gasteiger partial charge in [-0.1, -0.05) is 0 Å². The lowest BCUT2D eigenvalue weighted by molar-refractivity contribution is 0.238. The third-order valence-corrected chi connectivity index (χ3v) is 6.64. The number of ether oxygens (including phenoxy) is 1. The molecule has 0 radical (unpaired) electrons. The molecule has 0 amide bonds. The van der Waals surface area contributed by atoms with Crippen LogP contribution in [-0.4, -0.2) is 51.7 Å². The van der Waals surface area contributed by atoms with Crippen molar-refractivity contribution >= 4 is 16.6 Å². The number of aliphatic hydroxyl groups excluding tert-OH is 1. The van der Waals surface area contributed by atoms with Gasteiger partial charge < -0.3 is 20.1 Å². The van der Waals surface area contributed by atoms with E-state index in [0.717, 1.165) is 77.7 Å². The first-order valence-corrected chi connectivity index (χ1v) is 11.3. The molecule has 3 aromatic heterocycles. The molecule has 1 saturated heterocycles. The molecule has 6 rings (SSSR count). The largest absolute Gasteiger partial charge is 0.497 e. The first-order chi connectivity index (χ1) is 16.2. The van der Waals surface area contributed by atoms with E-state index in [1.165, 1.54) is 5.56 Å². The molecule has 1 atom stereocenters. The molecule has 5 heterocycles. The molecule has 4 aromatic rings. The summed E-state index contributed by atoms with van der Waals surface area (Å²) in [5.41, 5.74) is 6.14. The Hall–Kier alpha value is -3.49. The molecule has 1 unspecified atom stereocenters. The van der Waals surface area contributed by atoms with Crippen molar-refractivity contribution in [1.82, 2.24) is 25.1 Å². The van der Waals surface area contributed by atoms with Crippen LogP contribution in [0, 0.1) is 5.92 Å². The van der Waals surface area contributed by atoms with E-state index in [2.05, 4.69) is 32.4 Å². The summed E-state index contributed by atoms with van der Waals surface area (Å²) in [4.78, 5) is 12.0. The highest BCUT2D eigenvalue weighted by Crippen LogP contribution is 2.35. The number of fused-ring (bicyclic) bond motifs is 2. The van der Waals surface area contributed by atoms with E-state index in [-0.39, 0.29) is 6.61 Å². The lowest BCUT2D eigenvalue weighted by Gasteiger charge is -2.22. The summed E-state index contributed by atoms with van der Waals surface area (Å²) < 4.78 is 7.29. The van der Waals surface area contributed by atoms with Crippen molar-refractivity contribution in [1.29, 1.82) is 0 Å². The molecular formula is C25H26N6O2. The molecule has 0 saturated carbocycles. The molecule has 1 aromatic carbocycles. The molecule has 0 spiro atoms. The molecule has 33 heavy (non-hydrogen) atoms. The van der Waals surface area contributed by atoms with Gasteiger partial charge in [0, 0.05) is 79.4 Å². The fourth-order valence-electron chi connectivity index (χ4n) is 4.77. The molecule has 8 heteroatoms. The van der Waals surface area contributed by atoms with E-state index < -0.39 is 0 Å². The summed E-state index contributed by atoms with van der Waals surface area (Å²) in [5, 5.41) is 18.7. The number of pyridine rings is 2. The molecule has 1 fully saturated rings. The Morgan fingerprint density at radius 1 is 1.18 bits per heavy atom. The van der Waals surface area contributed by atoms with Gasteiger partial charge in [0.05, 0.1) is 24.0 Å². The summed E-state index contributed by atoms with van der Waals surface area (Å²) in [5.74, 6) is 1.88.